The summed E-state index contributed by atoms with van der Waals surface area (Å²) in [6, 6.07) is 6.73. The van der Waals surface area contributed by atoms with E-state index >= 15 is 0 Å². The first-order valence-corrected chi connectivity index (χ1v) is 7.31. The summed E-state index contributed by atoms with van der Waals surface area (Å²) in [6.45, 7) is 6.81. The van der Waals surface area contributed by atoms with E-state index in [-0.39, 0.29) is 0 Å². The molecular formula is C16H26N2O2. The van der Waals surface area contributed by atoms with Crippen LogP contribution in [0.25, 0.3) is 0 Å². The Hall–Kier alpha value is -1.10. The Morgan fingerprint density at radius 1 is 1.35 bits per heavy atom. The first kappa shape index (κ1) is 15.3. The molecule has 1 aliphatic heterocycles. The molecule has 1 aromatic carbocycles. The summed E-state index contributed by atoms with van der Waals surface area (Å²) < 4.78 is 10.5. The molecule has 20 heavy (non-hydrogen) atoms. The minimum absolute atomic E-state index is 0.380. The Labute approximate surface area is 122 Å². The molecule has 1 aliphatic rings. The van der Waals surface area contributed by atoms with Gasteiger partial charge in [0.05, 0.1) is 12.7 Å². The van der Waals surface area contributed by atoms with Gasteiger partial charge in [-0.3, -0.25) is 0 Å². The Morgan fingerprint density at radius 2 is 2.20 bits per heavy atom. The van der Waals surface area contributed by atoms with E-state index in [0.29, 0.717) is 6.10 Å². The van der Waals surface area contributed by atoms with Crippen LogP contribution in [0.5, 0.6) is 0 Å². The maximum Gasteiger partial charge on any atom is 0.0762 e. The van der Waals surface area contributed by atoms with Crippen LogP contribution in [0.3, 0.4) is 0 Å². The van der Waals surface area contributed by atoms with Gasteiger partial charge in [0.1, 0.15) is 0 Å². The number of hydrogen-bond donors (Lipinski definition) is 1. The zero-order valence-corrected chi connectivity index (χ0v) is 12.8. The van der Waals surface area contributed by atoms with E-state index in [0.717, 1.165) is 39.2 Å². The van der Waals surface area contributed by atoms with Crippen LogP contribution >= 0.6 is 0 Å². The first-order chi connectivity index (χ1) is 9.74. The van der Waals surface area contributed by atoms with Gasteiger partial charge in [-0.15, -0.1) is 0 Å². The van der Waals surface area contributed by atoms with Crippen LogP contribution in [0.15, 0.2) is 18.2 Å². The van der Waals surface area contributed by atoms with Gasteiger partial charge in [0.15, 0.2) is 0 Å². The summed E-state index contributed by atoms with van der Waals surface area (Å²) in [6.07, 6.45) is 1.50. The molecule has 1 aromatic rings. The summed E-state index contributed by atoms with van der Waals surface area (Å²) >= 11 is 0. The van der Waals surface area contributed by atoms with E-state index in [1.165, 1.54) is 16.8 Å². The fraction of sp³-hybridized carbons (Fsp3) is 0.625. The number of methoxy groups -OCH3 is 2. The minimum Gasteiger partial charge on any atom is -0.383 e. The molecule has 112 valence electrons. The normalized spacial score (nSPS) is 18.8. The van der Waals surface area contributed by atoms with Crippen molar-refractivity contribution < 1.29 is 9.47 Å². The van der Waals surface area contributed by atoms with Crippen LogP contribution in [0, 0.1) is 6.92 Å². The average molecular weight is 278 g/mol. The number of ether oxygens (including phenoxy) is 2. The lowest BCUT2D eigenvalue weighted by Gasteiger charge is -2.20. The summed E-state index contributed by atoms with van der Waals surface area (Å²) in [5.41, 5.74) is 4.00. The number of aryl methyl sites for hydroxylation is 1. The van der Waals surface area contributed by atoms with Gasteiger partial charge in [-0.1, -0.05) is 6.07 Å². The number of hydrogen-bond acceptors (Lipinski definition) is 4. The number of benzene rings is 1. The highest BCUT2D eigenvalue weighted by Crippen LogP contribution is 2.24. The molecule has 0 radical (unpaired) electrons. The molecule has 1 fully saturated rings. The quantitative estimate of drug-likeness (QED) is 0.773. The lowest BCUT2D eigenvalue weighted by atomic mass is 10.1. The third-order valence-electron chi connectivity index (χ3n) is 3.97. The predicted molar refractivity (Wildman–Crippen MR) is 82.4 cm³/mol. The van der Waals surface area contributed by atoms with Crippen molar-refractivity contribution in [2.45, 2.75) is 26.0 Å². The van der Waals surface area contributed by atoms with Gasteiger partial charge >= 0.3 is 0 Å². The smallest absolute Gasteiger partial charge is 0.0762 e. The number of nitrogens with one attached hydrogen (secondary N) is 1. The molecule has 1 N–H and O–H groups in total. The lowest BCUT2D eigenvalue weighted by molar-refractivity contribution is 0.121. The van der Waals surface area contributed by atoms with E-state index < -0.39 is 0 Å². The lowest BCUT2D eigenvalue weighted by Crippen LogP contribution is -2.22. The highest BCUT2D eigenvalue weighted by molar-refractivity contribution is 5.51. The summed E-state index contributed by atoms with van der Waals surface area (Å²) in [7, 11) is 3.53. The third kappa shape index (κ3) is 3.95. The second-order valence-corrected chi connectivity index (χ2v) is 5.37. The number of nitrogens with zero attached hydrogens (tertiary/aromatic N) is 1. The first-order valence-electron chi connectivity index (χ1n) is 7.31. The molecule has 0 bridgehead atoms. The Morgan fingerprint density at radius 3 is 2.85 bits per heavy atom. The molecule has 1 saturated heterocycles. The fourth-order valence-electron chi connectivity index (χ4n) is 2.63. The highest BCUT2D eigenvalue weighted by Gasteiger charge is 2.22. The molecule has 0 aliphatic carbocycles. The molecule has 0 aromatic heterocycles. The highest BCUT2D eigenvalue weighted by atomic mass is 16.5. The van der Waals surface area contributed by atoms with Crippen LogP contribution in [0.4, 0.5) is 5.69 Å². The van der Waals surface area contributed by atoms with Crippen molar-refractivity contribution in [3.8, 4) is 0 Å². The van der Waals surface area contributed by atoms with Crippen LogP contribution in [0.1, 0.15) is 17.5 Å². The average Bonchev–Trinajstić information content (AvgIpc) is 2.94. The van der Waals surface area contributed by atoms with Crippen molar-refractivity contribution >= 4 is 5.69 Å². The van der Waals surface area contributed by atoms with E-state index in [2.05, 4.69) is 35.3 Å². The van der Waals surface area contributed by atoms with Crippen molar-refractivity contribution in [3.05, 3.63) is 29.3 Å². The largest absolute Gasteiger partial charge is 0.383 e. The molecule has 0 amide bonds. The van der Waals surface area contributed by atoms with Gasteiger partial charge in [0.2, 0.25) is 0 Å². The topological polar surface area (TPSA) is 33.7 Å². The zero-order chi connectivity index (χ0) is 14.4. The van der Waals surface area contributed by atoms with Gasteiger partial charge < -0.3 is 19.7 Å². The van der Waals surface area contributed by atoms with Crippen molar-refractivity contribution in [2.75, 3.05) is 45.4 Å². The second-order valence-electron chi connectivity index (χ2n) is 5.37. The van der Waals surface area contributed by atoms with Gasteiger partial charge in [0.25, 0.3) is 0 Å². The summed E-state index contributed by atoms with van der Waals surface area (Å²) in [4.78, 5) is 2.41. The minimum atomic E-state index is 0.380. The molecule has 4 nitrogen and oxygen atoms in total. The number of rotatable bonds is 7. The monoisotopic (exact) mass is 278 g/mol. The van der Waals surface area contributed by atoms with Crippen molar-refractivity contribution in [1.82, 2.24) is 5.32 Å². The molecule has 1 heterocycles. The summed E-state index contributed by atoms with van der Waals surface area (Å²) in [5, 5.41) is 3.39. The maximum atomic E-state index is 5.43. The zero-order valence-electron chi connectivity index (χ0n) is 12.8. The van der Waals surface area contributed by atoms with Crippen LogP contribution < -0.4 is 10.2 Å². The van der Waals surface area contributed by atoms with Gasteiger partial charge in [-0.05, 0) is 36.6 Å². The maximum absolute atomic E-state index is 5.43. The standard InChI is InChI=1S/C16H26N2O2/c1-13-10-15(18-8-6-16(12-18)20-3)5-4-14(13)11-17-7-9-19-2/h4-5,10,16-17H,6-9,11-12H2,1-3H3. The molecule has 4 heteroatoms. The van der Waals surface area contributed by atoms with Gasteiger partial charge in [-0.25, -0.2) is 0 Å². The Bertz CT molecular complexity index is 423. The van der Waals surface area contributed by atoms with E-state index in [9.17, 15) is 0 Å². The third-order valence-corrected chi connectivity index (χ3v) is 3.97. The van der Waals surface area contributed by atoms with Gasteiger partial charge in [-0.2, -0.15) is 0 Å². The Kier molecular flexibility index (Phi) is 5.83. The van der Waals surface area contributed by atoms with E-state index in [1.807, 2.05) is 0 Å². The summed E-state index contributed by atoms with van der Waals surface area (Å²) in [5.74, 6) is 0. The Balaban J connectivity index is 1.92. The van der Waals surface area contributed by atoms with Crippen molar-refractivity contribution in [3.63, 3.8) is 0 Å². The molecule has 0 spiro atoms. The van der Waals surface area contributed by atoms with E-state index in [4.69, 9.17) is 9.47 Å². The predicted octanol–water partition coefficient (Wildman–Crippen LogP) is 1.96. The van der Waals surface area contributed by atoms with Crippen molar-refractivity contribution in [2.24, 2.45) is 0 Å². The molecule has 1 unspecified atom stereocenters. The van der Waals surface area contributed by atoms with Crippen LogP contribution in [-0.4, -0.2) is 46.6 Å². The molecule has 0 saturated carbocycles. The number of anilines is 1. The van der Waals surface area contributed by atoms with E-state index in [1.54, 1.807) is 14.2 Å². The van der Waals surface area contributed by atoms with Gasteiger partial charge in [0, 0.05) is 46.1 Å². The van der Waals surface area contributed by atoms with Crippen molar-refractivity contribution in [1.29, 1.82) is 0 Å². The van der Waals surface area contributed by atoms with Crippen LogP contribution in [0.2, 0.25) is 0 Å². The molecular weight excluding hydrogens is 252 g/mol. The molecule has 2 rings (SSSR count). The second kappa shape index (κ2) is 7.62. The van der Waals surface area contributed by atoms with Crippen LogP contribution in [-0.2, 0) is 16.0 Å². The fourth-order valence-corrected chi connectivity index (χ4v) is 2.63. The molecule has 1 atom stereocenters. The SMILES string of the molecule is COCCNCc1ccc(N2CCC(OC)C2)cc1C.